The van der Waals surface area contributed by atoms with E-state index >= 15 is 0 Å². The Morgan fingerprint density at radius 2 is 1.93 bits per heavy atom. The van der Waals surface area contributed by atoms with Crippen molar-refractivity contribution < 1.29 is 9.52 Å². The molecule has 0 atom stereocenters. The van der Waals surface area contributed by atoms with E-state index in [1.807, 2.05) is 0 Å². The number of pyridine rings is 1. The van der Waals surface area contributed by atoms with Crippen LogP contribution in [0.4, 0.5) is 0 Å². The summed E-state index contributed by atoms with van der Waals surface area (Å²) in [7, 11) is 0. The van der Waals surface area contributed by atoms with E-state index in [9.17, 15) is 10.0 Å². The topological polar surface area (TPSA) is 70.0 Å². The summed E-state index contributed by atoms with van der Waals surface area (Å²) in [5.41, 5.74) is 5.71. The first-order valence-corrected chi connectivity index (χ1v) is 4.51. The lowest BCUT2D eigenvalue weighted by molar-refractivity contribution is -0.610. The molecule has 0 aliphatic heterocycles. The molecule has 76 valence electrons. The molecule has 0 unspecified atom stereocenters. The SMILES string of the molecule is Cc1c(Cl)c(C)[n+]([O-])c(Cl)c1C(N)=O. The lowest BCUT2D eigenvalue weighted by Gasteiger charge is -2.10. The Balaban J connectivity index is 3.68. The first-order chi connectivity index (χ1) is 6.37. The Kier molecular flexibility index (Phi) is 2.87. The zero-order valence-corrected chi connectivity index (χ0v) is 9.11. The van der Waals surface area contributed by atoms with Gasteiger partial charge in [0.15, 0.2) is 0 Å². The molecule has 0 fully saturated rings. The van der Waals surface area contributed by atoms with Gasteiger partial charge in [-0.15, -0.1) is 0 Å². The van der Waals surface area contributed by atoms with Crippen molar-refractivity contribution in [2.24, 2.45) is 5.73 Å². The van der Waals surface area contributed by atoms with E-state index in [2.05, 4.69) is 0 Å². The third kappa shape index (κ3) is 1.51. The molecule has 6 heteroatoms. The smallest absolute Gasteiger partial charge is 0.299 e. The summed E-state index contributed by atoms with van der Waals surface area (Å²) in [6.45, 7) is 3.10. The highest BCUT2D eigenvalue weighted by Gasteiger charge is 2.24. The number of hydrogen-bond acceptors (Lipinski definition) is 2. The van der Waals surface area contributed by atoms with Crippen molar-refractivity contribution in [3.05, 3.63) is 32.2 Å². The lowest BCUT2D eigenvalue weighted by atomic mass is 10.1. The summed E-state index contributed by atoms with van der Waals surface area (Å²) >= 11 is 11.5. The average Bonchev–Trinajstić information content (AvgIpc) is 2.11. The monoisotopic (exact) mass is 234 g/mol. The van der Waals surface area contributed by atoms with Crippen molar-refractivity contribution in [1.82, 2.24) is 0 Å². The molecule has 0 saturated carbocycles. The summed E-state index contributed by atoms with van der Waals surface area (Å²) in [6.07, 6.45) is 0. The van der Waals surface area contributed by atoms with Crippen molar-refractivity contribution in [1.29, 1.82) is 0 Å². The standard InChI is InChI=1S/C8H8Cl2N2O2/c1-3-5(8(11)13)7(10)12(14)4(2)6(3)9/h1-2H3,(H2,11,13). The van der Waals surface area contributed by atoms with Crippen molar-refractivity contribution >= 4 is 29.1 Å². The van der Waals surface area contributed by atoms with Gasteiger partial charge in [-0.05, 0) is 24.1 Å². The van der Waals surface area contributed by atoms with Gasteiger partial charge in [0.05, 0.1) is 0 Å². The molecule has 0 aromatic carbocycles. The van der Waals surface area contributed by atoms with E-state index in [-0.39, 0.29) is 21.4 Å². The Labute approximate surface area is 90.8 Å². The van der Waals surface area contributed by atoms with Gasteiger partial charge in [0.1, 0.15) is 10.6 Å². The molecule has 0 saturated heterocycles. The minimum absolute atomic E-state index is 0.0303. The van der Waals surface area contributed by atoms with Gasteiger partial charge in [0.25, 0.3) is 11.1 Å². The third-order valence-electron chi connectivity index (χ3n) is 1.96. The van der Waals surface area contributed by atoms with Gasteiger partial charge < -0.3 is 10.9 Å². The molecular formula is C8H8Cl2N2O2. The van der Waals surface area contributed by atoms with Gasteiger partial charge in [-0.1, -0.05) is 11.6 Å². The molecule has 1 heterocycles. The van der Waals surface area contributed by atoms with Crippen LogP contribution in [0.1, 0.15) is 21.6 Å². The summed E-state index contributed by atoms with van der Waals surface area (Å²) in [4.78, 5) is 11.0. The van der Waals surface area contributed by atoms with Gasteiger partial charge in [0.2, 0.25) is 5.69 Å². The second-order valence-corrected chi connectivity index (χ2v) is 3.58. The van der Waals surface area contributed by atoms with Crippen molar-refractivity contribution in [2.75, 3.05) is 0 Å². The molecule has 1 rings (SSSR count). The fourth-order valence-corrected chi connectivity index (χ4v) is 1.69. The van der Waals surface area contributed by atoms with Gasteiger partial charge >= 0.3 is 0 Å². The Morgan fingerprint density at radius 3 is 2.36 bits per heavy atom. The first-order valence-electron chi connectivity index (χ1n) is 3.75. The largest absolute Gasteiger partial charge is 0.617 e. The number of halogens is 2. The van der Waals surface area contributed by atoms with E-state index in [0.29, 0.717) is 10.3 Å². The molecule has 4 nitrogen and oxygen atoms in total. The van der Waals surface area contributed by atoms with Crippen LogP contribution in [0.3, 0.4) is 0 Å². The van der Waals surface area contributed by atoms with Crippen LogP contribution in [0.25, 0.3) is 0 Å². The van der Waals surface area contributed by atoms with Crippen molar-refractivity contribution in [3.63, 3.8) is 0 Å². The number of aromatic nitrogens is 1. The molecule has 0 aliphatic rings. The molecule has 0 spiro atoms. The number of carbonyl (C=O) groups is 1. The van der Waals surface area contributed by atoms with E-state index in [0.717, 1.165) is 0 Å². The summed E-state index contributed by atoms with van der Waals surface area (Å²) < 4.78 is 0.386. The zero-order chi connectivity index (χ0) is 11.0. The highest BCUT2D eigenvalue weighted by Crippen LogP contribution is 2.25. The zero-order valence-electron chi connectivity index (χ0n) is 7.60. The highest BCUT2D eigenvalue weighted by atomic mass is 35.5. The Morgan fingerprint density at radius 1 is 1.43 bits per heavy atom. The molecule has 1 amide bonds. The van der Waals surface area contributed by atoms with Gasteiger partial charge in [0, 0.05) is 6.92 Å². The average molecular weight is 235 g/mol. The Bertz CT molecular complexity index is 389. The van der Waals surface area contributed by atoms with Crippen LogP contribution in [-0.4, -0.2) is 5.91 Å². The van der Waals surface area contributed by atoms with E-state index in [1.165, 1.54) is 6.92 Å². The molecule has 0 bridgehead atoms. The number of carbonyl (C=O) groups excluding carboxylic acids is 1. The Hall–Kier alpha value is -1.00. The van der Waals surface area contributed by atoms with E-state index < -0.39 is 5.91 Å². The van der Waals surface area contributed by atoms with E-state index in [1.54, 1.807) is 6.92 Å². The van der Waals surface area contributed by atoms with Gasteiger partial charge in [-0.25, -0.2) is 0 Å². The van der Waals surface area contributed by atoms with Crippen LogP contribution in [0.2, 0.25) is 10.2 Å². The normalized spacial score (nSPS) is 10.3. The molecule has 2 N–H and O–H groups in total. The van der Waals surface area contributed by atoms with Crippen LogP contribution >= 0.6 is 23.2 Å². The number of nitrogens with two attached hydrogens (primary N) is 1. The third-order valence-corrected chi connectivity index (χ3v) is 2.86. The molecule has 1 aromatic heterocycles. The maximum atomic E-state index is 11.4. The maximum absolute atomic E-state index is 11.4. The number of rotatable bonds is 1. The fraction of sp³-hybridized carbons (Fsp3) is 0.250. The second-order valence-electron chi connectivity index (χ2n) is 2.85. The molecule has 14 heavy (non-hydrogen) atoms. The van der Waals surface area contributed by atoms with Crippen LogP contribution in [0.5, 0.6) is 0 Å². The van der Waals surface area contributed by atoms with Crippen LogP contribution < -0.4 is 10.5 Å². The predicted octanol–water partition coefficient (Wildman–Crippen LogP) is 1.34. The van der Waals surface area contributed by atoms with Crippen LogP contribution in [0, 0.1) is 19.1 Å². The number of hydrogen-bond donors (Lipinski definition) is 1. The predicted molar refractivity (Wildman–Crippen MR) is 53.4 cm³/mol. The fourth-order valence-electron chi connectivity index (χ4n) is 1.16. The van der Waals surface area contributed by atoms with Crippen molar-refractivity contribution in [2.45, 2.75) is 13.8 Å². The number of primary amides is 1. The molecule has 0 radical (unpaired) electrons. The lowest BCUT2D eigenvalue weighted by Crippen LogP contribution is -2.35. The summed E-state index contributed by atoms with van der Waals surface area (Å²) in [5, 5.41) is 11.3. The van der Waals surface area contributed by atoms with Crippen LogP contribution in [0.15, 0.2) is 0 Å². The van der Waals surface area contributed by atoms with Gasteiger partial charge in [-0.2, -0.15) is 4.73 Å². The minimum atomic E-state index is -0.765. The number of nitrogens with zero attached hydrogens (tertiary/aromatic N) is 1. The molecule has 1 aromatic rings. The maximum Gasteiger partial charge on any atom is 0.299 e. The van der Waals surface area contributed by atoms with Crippen molar-refractivity contribution in [3.8, 4) is 0 Å². The van der Waals surface area contributed by atoms with E-state index in [4.69, 9.17) is 28.9 Å². The quantitative estimate of drug-likeness (QED) is 0.453. The summed E-state index contributed by atoms with van der Waals surface area (Å²) in [6, 6.07) is 0. The summed E-state index contributed by atoms with van der Waals surface area (Å²) in [5.74, 6) is -0.765. The second kappa shape index (κ2) is 3.63. The highest BCUT2D eigenvalue weighted by molar-refractivity contribution is 6.35. The first kappa shape index (κ1) is 11.1. The van der Waals surface area contributed by atoms with Gasteiger partial charge in [-0.3, -0.25) is 4.79 Å². The minimum Gasteiger partial charge on any atom is -0.617 e. The molecule has 0 aliphatic carbocycles. The number of amides is 1. The molecular weight excluding hydrogens is 227 g/mol. The van der Waals surface area contributed by atoms with Crippen LogP contribution in [-0.2, 0) is 0 Å².